The number of hydrogen-bond acceptors (Lipinski definition) is 2. The molecule has 0 spiro atoms. The highest BCUT2D eigenvalue weighted by Crippen LogP contribution is 2.36. The van der Waals surface area contributed by atoms with Crippen LogP contribution in [0.25, 0.3) is 0 Å². The summed E-state index contributed by atoms with van der Waals surface area (Å²) < 4.78 is 62.4. The van der Waals surface area contributed by atoms with Gasteiger partial charge < -0.3 is 4.74 Å². The summed E-state index contributed by atoms with van der Waals surface area (Å²) in [6.07, 6.45) is -5.09. The molecule has 0 aliphatic heterocycles. The fourth-order valence-corrected chi connectivity index (χ4v) is 0.386. The van der Waals surface area contributed by atoms with Crippen molar-refractivity contribution in [3.63, 3.8) is 0 Å². The van der Waals surface area contributed by atoms with Crippen LogP contribution in [0.1, 0.15) is 6.92 Å². The van der Waals surface area contributed by atoms with E-state index < -0.39 is 24.7 Å². The van der Waals surface area contributed by atoms with Crippen molar-refractivity contribution in [1.82, 2.24) is 0 Å². The number of hydrogen-bond donors (Lipinski definition) is 0. The average Bonchev–Trinajstić information content (AvgIpc) is 1.86. The Bertz CT molecular complexity index is 179. The third kappa shape index (κ3) is 1.90. The van der Waals surface area contributed by atoms with E-state index in [1.54, 1.807) is 0 Å². The summed E-state index contributed by atoms with van der Waals surface area (Å²) in [7, 11) is 0. The molecule has 0 radical (unpaired) electrons. The molecule has 7 heteroatoms. The lowest BCUT2D eigenvalue weighted by atomic mass is 10.3. The van der Waals surface area contributed by atoms with E-state index in [4.69, 9.17) is 0 Å². The molecule has 0 saturated heterocycles. The van der Waals surface area contributed by atoms with E-state index in [1.165, 1.54) is 0 Å². The third-order valence-corrected chi connectivity index (χ3v) is 0.938. The van der Waals surface area contributed by atoms with Crippen molar-refractivity contribution < 1.29 is 31.5 Å². The lowest BCUT2D eigenvalue weighted by Gasteiger charge is -2.21. The van der Waals surface area contributed by atoms with E-state index in [0.717, 1.165) is 6.92 Å². The van der Waals surface area contributed by atoms with Gasteiger partial charge in [0.05, 0.1) is 6.61 Å². The maximum absolute atomic E-state index is 12.0. The summed E-state index contributed by atoms with van der Waals surface area (Å²) in [5.74, 6) is -5.41. The number of halogens is 5. The number of alkyl halides is 4. The minimum atomic E-state index is -5.41. The maximum atomic E-state index is 12.0. The first-order chi connectivity index (χ1) is 5.25. The van der Waals surface area contributed by atoms with Gasteiger partial charge in [-0.3, -0.25) is 4.79 Å². The van der Waals surface area contributed by atoms with Crippen molar-refractivity contribution in [3.8, 4) is 0 Å². The van der Waals surface area contributed by atoms with Gasteiger partial charge in [0.25, 0.3) is 0 Å². The lowest BCUT2D eigenvalue weighted by Crippen LogP contribution is -2.47. The van der Waals surface area contributed by atoms with Gasteiger partial charge in [0, 0.05) is 0 Å². The van der Waals surface area contributed by atoms with E-state index >= 15 is 0 Å². The van der Waals surface area contributed by atoms with Crippen molar-refractivity contribution in [3.05, 3.63) is 0 Å². The molecule has 72 valence electrons. The summed E-state index contributed by atoms with van der Waals surface area (Å²) in [4.78, 5) is 9.41. The first kappa shape index (κ1) is 11.3. The molecule has 0 bridgehead atoms. The molecule has 0 aliphatic carbocycles. The van der Waals surface area contributed by atoms with E-state index in [2.05, 4.69) is 4.74 Å². The molecule has 0 aromatic heterocycles. The van der Waals surface area contributed by atoms with Gasteiger partial charge in [-0.05, 0) is 6.92 Å². The highest BCUT2D eigenvalue weighted by Gasteiger charge is 2.64. The Kier molecular flexibility index (Phi) is 3.14. The molecule has 0 fully saturated rings. The van der Waals surface area contributed by atoms with Crippen LogP contribution >= 0.6 is 0 Å². The van der Waals surface area contributed by atoms with Crippen LogP contribution in [-0.2, 0) is 9.53 Å². The predicted octanol–water partition coefficient (Wildman–Crippen LogP) is 1.75. The minimum absolute atomic E-state index is 0.754. The Morgan fingerprint density at radius 1 is 1.33 bits per heavy atom. The van der Waals surface area contributed by atoms with E-state index in [9.17, 15) is 26.7 Å². The zero-order chi connectivity index (χ0) is 9.99. The molecule has 0 rings (SSSR count). The quantitative estimate of drug-likeness (QED) is 0.501. The Labute approximate surface area is 64.3 Å². The zero-order valence-corrected chi connectivity index (χ0v) is 5.91. The third-order valence-electron chi connectivity index (χ3n) is 0.938. The fraction of sp³-hybridized carbons (Fsp3) is 0.800. The first-order valence-corrected chi connectivity index (χ1v) is 2.85. The Hall–Kier alpha value is -0.720. The first-order valence-electron chi connectivity index (χ1n) is 2.85. The molecule has 0 amide bonds. The van der Waals surface area contributed by atoms with Crippen LogP contribution in [0.2, 0.25) is 0 Å². The number of rotatable bonds is 4. The van der Waals surface area contributed by atoms with Gasteiger partial charge >= 0.3 is 18.1 Å². The molecular weight excluding hydrogens is 187 g/mol. The minimum Gasteiger partial charge on any atom is -0.316 e. The van der Waals surface area contributed by atoms with Crippen LogP contribution in [0.3, 0.4) is 0 Å². The smallest absolute Gasteiger partial charge is 0.316 e. The maximum Gasteiger partial charge on any atom is 0.430 e. The fourth-order valence-electron chi connectivity index (χ4n) is 0.386. The molecule has 0 aromatic rings. The van der Waals surface area contributed by atoms with Crippen molar-refractivity contribution in [2.75, 3.05) is 6.61 Å². The van der Waals surface area contributed by atoms with Gasteiger partial charge in [0.2, 0.25) is 0 Å². The topological polar surface area (TPSA) is 26.3 Å². The van der Waals surface area contributed by atoms with Crippen LogP contribution in [0.5, 0.6) is 0 Å². The summed E-state index contributed by atoms with van der Waals surface area (Å²) >= 11 is 0. The van der Waals surface area contributed by atoms with Crippen LogP contribution < -0.4 is 0 Å². The summed E-state index contributed by atoms with van der Waals surface area (Å²) in [6.45, 7) is 0.253. The SMILES string of the molecule is CCOC(F)(F)C(F)(F)C(=O)F. The molecule has 2 nitrogen and oxygen atoms in total. The van der Waals surface area contributed by atoms with Crippen LogP contribution in [0.4, 0.5) is 22.0 Å². The van der Waals surface area contributed by atoms with Crippen LogP contribution in [0.15, 0.2) is 0 Å². The highest BCUT2D eigenvalue weighted by atomic mass is 19.3. The largest absolute Gasteiger partial charge is 0.430 e. The molecule has 12 heavy (non-hydrogen) atoms. The van der Waals surface area contributed by atoms with Crippen molar-refractivity contribution in [2.24, 2.45) is 0 Å². The second-order valence-electron chi connectivity index (χ2n) is 1.80. The Balaban J connectivity index is 4.62. The molecular formula is C5H5F5O2. The average molecular weight is 192 g/mol. The molecule has 0 aromatic carbocycles. The second-order valence-corrected chi connectivity index (χ2v) is 1.80. The van der Waals surface area contributed by atoms with E-state index in [-0.39, 0.29) is 0 Å². The summed E-state index contributed by atoms with van der Waals surface area (Å²) in [5.41, 5.74) is 0. The monoisotopic (exact) mass is 192 g/mol. The molecule has 0 atom stereocenters. The predicted molar refractivity (Wildman–Crippen MR) is 27.6 cm³/mol. The van der Waals surface area contributed by atoms with E-state index in [0.29, 0.717) is 0 Å². The van der Waals surface area contributed by atoms with Crippen molar-refractivity contribution in [2.45, 2.75) is 19.0 Å². The lowest BCUT2D eigenvalue weighted by molar-refractivity contribution is -0.334. The molecule has 0 saturated carbocycles. The Morgan fingerprint density at radius 3 is 2.00 bits per heavy atom. The molecule has 0 aliphatic rings. The highest BCUT2D eigenvalue weighted by molar-refractivity contribution is 5.77. The Morgan fingerprint density at radius 2 is 1.75 bits per heavy atom. The summed E-state index contributed by atoms with van der Waals surface area (Å²) in [5, 5.41) is 0. The van der Waals surface area contributed by atoms with Crippen molar-refractivity contribution in [1.29, 1.82) is 0 Å². The number of carbonyl (C=O) groups excluding carboxylic acids is 1. The zero-order valence-electron chi connectivity index (χ0n) is 5.91. The van der Waals surface area contributed by atoms with Crippen LogP contribution in [-0.4, -0.2) is 24.7 Å². The van der Waals surface area contributed by atoms with Gasteiger partial charge in [-0.15, -0.1) is 0 Å². The van der Waals surface area contributed by atoms with Gasteiger partial charge in [-0.2, -0.15) is 22.0 Å². The standard InChI is InChI=1S/C5H5F5O2/c1-2-12-5(9,10)4(7,8)3(6)11/h2H2,1H3. The van der Waals surface area contributed by atoms with Gasteiger partial charge in [-0.25, -0.2) is 0 Å². The van der Waals surface area contributed by atoms with Crippen LogP contribution in [0, 0.1) is 0 Å². The number of ether oxygens (including phenoxy) is 1. The second kappa shape index (κ2) is 3.34. The van der Waals surface area contributed by atoms with Gasteiger partial charge in [0.1, 0.15) is 0 Å². The normalized spacial score (nSPS) is 13.2. The van der Waals surface area contributed by atoms with Gasteiger partial charge in [0.15, 0.2) is 0 Å². The molecule has 0 heterocycles. The molecule has 0 N–H and O–H groups in total. The van der Waals surface area contributed by atoms with Gasteiger partial charge in [-0.1, -0.05) is 0 Å². The van der Waals surface area contributed by atoms with Crippen molar-refractivity contribution >= 4 is 6.04 Å². The number of carbonyl (C=O) groups is 1. The molecule has 0 unspecified atom stereocenters. The summed E-state index contributed by atoms with van der Waals surface area (Å²) in [6, 6.07) is -3.42. The van der Waals surface area contributed by atoms with E-state index in [1.807, 2.05) is 0 Å².